The molecule has 26 heavy (non-hydrogen) atoms. The predicted molar refractivity (Wildman–Crippen MR) is 96.3 cm³/mol. The van der Waals surface area contributed by atoms with Gasteiger partial charge in [0, 0.05) is 12.5 Å². The van der Waals surface area contributed by atoms with E-state index in [0.717, 1.165) is 0 Å². The molecule has 1 unspecified atom stereocenters. The van der Waals surface area contributed by atoms with Crippen LogP contribution in [0.2, 0.25) is 0 Å². The lowest BCUT2D eigenvalue weighted by atomic mass is 10.1. The number of rotatable bonds is 11. The highest BCUT2D eigenvalue weighted by molar-refractivity contribution is 7.86. The number of alkyl halides is 3. The third-order valence-electron chi connectivity index (χ3n) is 4.11. The molecule has 0 fully saturated rings. The maximum atomic E-state index is 10.7. The minimum absolute atomic E-state index is 1.26. The molecular weight excluding hydrogens is 367 g/mol. The zero-order valence-electron chi connectivity index (χ0n) is 15.8. The molecule has 1 heterocycles. The Morgan fingerprint density at radius 1 is 0.962 bits per heavy atom. The summed E-state index contributed by atoms with van der Waals surface area (Å²) in [5.74, 6) is 0. The molecule has 0 bridgehead atoms. The molecule has 0 aromatic heterocycles. The predicted octanol–water partition coefficient (Wildman–Crippen LogP) is 4.27. The van der Waals surface area contributed by atoms with E-state index in [0.29, 0.717) is 0 Å². The van der Waals surface area contributed by atoms with Crippen LogP contribution < -0.4 is 4.90 Å². The largest absolute Gasteiger partial charge is 0.741 e. The lowest BCUT2D eigenvalue weighted by molar-refractivity contribution is -0.804. The fourth-order valence-corrected chi connectivity index (χ4v) is 2.70. The van der Waals surface area contributed by atoms with Gasteiger partial charge in [0.05, 0.1) is 12.7 Å². The Morgan fingerprint density at radius 3 is 1.92 bits per heavy atom. The summed E-state index contributed by atoms with van der Waals surface area (Å²) in [5.41, 5.74) is -4.05. The van der Waals surface area contributed by atoms with Gasteiger partial charge in [0.25, 0.3) is 0 Å². The van der Waals surface area contributed by atoms with Crippen LogP contribution in [0.25, 0.3) is 0 Å². The first-order valence-electron chi connectivity index (χ1n) is 9.39. The summed E-state index contributed by atoms with van der Waals surface area (Å²) < 4.78 is 58.9. The third-order valence-corrected chi connectivity index (χ3v) is 4.68. The second kappa shape index (κ2) is 13.3. The zero-order chi connectivity index (χ0) is 20.1. The van der Waals surface area contributed by atoms with Gasteiger partial charge in [-0.15, -0.1) is 0 Å². The first-order chi connectivity index (χ1) is 12.1. The quantitative estimate of drug-likeness (QED) is 0.321. The van der Waals surface area contributed by atoms with Crippen LogP contribution in [-0.4, -0.2) is 25.0 Å². The summed E-state index contributed by atoms with van der Waals surface area (Å²) in [6.45, 7) is 5.86. The van der Waals surface area contributed by atoms with Crippen LogP contribution in [0.5, 0.6) is 0 Å². The number of halogens is 3. The van der Waals surface area contributed by atoms with Crippen molar-refractivity contribution in [2.24, 2.45) is 0 Å². The molecule has 1 atom stereocenters. The van der Waals surface area contributed by atoms with Gasteiger partial charge >= 0.3 is 5.51 Å². The number of quaternary nitrogens is 1. The normalized spacial score (nSPS) is 17.0. The molecule has 0 aliphatic carbocycles. The van der Waals surface area contributed by atoms with Crippen LogP contribution in [0, 0.1) is 0 Å². The molecule has 8 heteroatoms. The lowest BCUT2D eigenvalue weighted by Crippen LogP contribution is -3.04. The topological polar surface area (TPSA) is 61.6 Å². The Labute approximate surface area is 155 Å². The van der Waals surface area contributed by atoms with Crippen molar-refractivity contribution in [3.63, 3.8) is 0 Å². The van der Waals surface area contributed by atoms with E-state index >= 15 is 0 Å². The minimum Gasteiger partial charge on any atom is -0.741 e. The maximum Gasteiger partial charge on any atom is 0.485 e. The molecule has 0 spiro atoms. The highest BCUT2D eigenvalue weighted by atomic mass is 32.2. The second-order valence-electron chi connectivity index (χ2n) is 6.45. The Bertz CT molecular complexity index is 528. The van der Waals surface area contributed by atoms with E-state index in [-0.39, 0.29) is 0 Å². The second-order valence-corrected chi connectivity index (χ2v) is 7.82. The van der Waals surface area contributed by atoms with Gasteiger partial charge in [-0.1, -0.05) is 52.4 Å². The van der Waals surface area contributed by atoms with Gasteiger partial charge in [-0.2, -0.15) is 13.2 Å². The van der Waals surface area contributed by atoms with E-state index in [9.17, 15) is 13.2 Å². The zero-order valence-corrected chi connectivity index (χ0v) is 16.6. The van der Waals surface area contributed by atoms with Crippen LogP contribution in [0.3, 0.4) is 0 Å². The summed E-state index contributed by atoms with van der Waals surface area (Å²) in [7, 11) is -6.09. The van der Waals surface area contributed by atoms with E-state index in [1.54, 1.807) is 10.6 Å². The van der Waals surface area contributed by atoms with E-state index in [2.05, 4.69) is 32.2 Å². The smallest absolute Gasteiger partial charge is 0.485 e. The summed E-state index contributed by atoms with van der Waals surface area (Å²) in [6.07, 6.45) is 20.8. The standard InChI is InChI=1S/C17H31N.CHF3O3S/c1-3-5-6-7-8-9-10-11-15-18-16-12-14-17(18)13-4-2;2-1(3,4)8(5,6)7/h12,14,16H,3-11,13,15H2,1-2H3;(H,5,6,7). The molecule has 0 amide bonds. The minimum atomic E-state index is -6.09. The first kappa shape index (κ1) is 25.1. The van der Waals surface area contributed by atoms with Crippen LogP contribution in [0.1, 0.15) is 78.1 Å². The van der Waals surface area contributed by atoms with Crippen LogP contribution in [-0.2, 0) is 10.1 Å². The summed E-state index contributed by atoms with van der Waals surface area (Å²) in [6, 6.07) is 0. The fraction of sp³-hybridized carbons (Fsp3) is 0.778. The molecular formula is C18H32F3NO3S. The van der Waals surface area contributed by atoms with Gasteiger partial charge in [-0.05, 0) is 25.3 Å². The van der Waals surface area contributed by atoms with Crippen molar-refractivity contribution in [2.45, 2.75) is 83.6 Å². The van der Waals surface area contributed by atoms with Crippen molar-refractivity contribution in [3.8, 4) is 0 Å². The molecule has 154 valence electrons. The van der Waals surface area contributed by atoms with E-state index < -0.39 is 15.6 Å². The number of allylic oxidation sites excluding steroid dienone is 3. The molecule has 1 aliphatic heterocycles. The van der Waals surface area contributed by atoms with Crippen molar-refractivity contribution < 1.29 is 31.0 Å². The highest BCUT2D eigenvalue weighted by Crippen LogP contribution is 2.20. The summed E-state index contributed by atoms with van der Waals surface area (Å²) in [4.78, 5) is 1.61. The van der Waals surface area contributed by atoms with Crippen molar-refractivity contribution in [2.75, 3.05) is 6.54 Å². The molecule has 0 aromatic carbocycles. The van der Waals surface area contributed by atoms with Crippen LogP contribution in [0.15, 0.2) is 24.0 Å². The molecule has 0 saturated heterocycles. The van der Waals surface area contributed by atoms with Gasteiger partial charge in [-0.25, -0.2) is 8.42 Å². The molecule has 4 nitrogen and oxygen atoms in total. The van der Waals surface area contributed by atoms with Crippen molar-refractivity contribution >= 4 is 10.1 Å². The Morgan fingerprint density at radius 2 is 1.46 bits per heavy atom. The van der Waals surface area contributed by atoms with Gasteiger partial charge in [-0.3, -0.25) is 4.90 Å². The average molecular weight is 400 g/mol. The molecule has 1 N–H and O–H groups in total. The van der Waals surface area contributed by atoms with Gasteiger partial charge in [0.1, 0.15) is 5.70 Å². The van der Waals surface area contributed by atoms with Crippen LogP contribution >= 0.6 is 0 Å². The molecule has 1 aliphatic rings. The Kier molecular flexibility index (Phi) is 12.9. The van der Waals surface area contributed by atoms with Gasteiger partial charge in [0.2, 0.25) is 0 Å². The number of nitrogens with one attached hydrogen (secondary N) is 1. The van der Waals surface area contributed by atoms with Gasteiger partial charge in [0.15, 0.2) is 10.1 Å². The fourth-order valence-electron chi connectivity index (χ4n) is 2.70. The van der Waals surface area contributed by atoms with E-state index in [1.807, 2.05) is 0 Å². The third kappa shape index (κ3) is 11.7. The summed E-state index contributed by atoms with van der Waals surface area (Å²) >= 11 is 0. The van der Waals surface area contributed by atoms with Crippen molar-refractivity contribution in [3.05, 3.63) is 24.0 Å². The first-order valence-corrected chi connectivity index (χ1v) is 10.8. The average Bonchev–Trinajstić information content (AvgIpc) is 2.96. The SMILES string of the molecule is CCCCCCCCCC[NH+]1C=CC=C1CCC.O=S(=O)([O-])C(F)(F)F. The van der Waals surface area contributed by atoms with E-state index in [4.69, 9.17) is 13.0 Å². The molecule has 1 rings (SSSR count). The highest BCUT2D eigenvalue weighted by Gasteiger charge is 2.36. The monoisotopic (exact) mass is 399 g/mol. The lowest BCUT2D eigenvalue weighted by Gasteiger charge is -2.13. The maximum absolute atomic E-state index is 10.7. The number of hydrogen-bond donors (Lipinski definition) is 1. The number of hydrogen-bond acceptors (Lipinski definition) is 3. The molecule has 0 radical (unpaired) electrons. The van der Waals surface area contributed by atoms with Crippen molar-refractivity contribution in [1.29, 1.82) is 0 Å². The molecule has 0 saturated carbocycles. The summed E-state index contributed by atoms with van der Waals surface area (Å²) in [5, 5.41) is 0. The molecule has 0 aromatic rings. The van der Waals surface area contributed by atoms with Gasteiger partial charge < -0.3 is 4.55 Å². The number of unbranched alkanes of at least 4 members (excludes halogenated alkanes) is 7. The Balaban J connectivity index is 0.000000660. The van der Waals surface area contributed by atoms with Crippen LogP contribution in [0.4, 0.5) is 13.2 Å². The van der Waals surface area contributed by atoms with E-state index in [1.165, 1.54) is 70.8 Å². The van der Waals surface area contributed by atoms with Crippen molar-refractivity contribution in [1.82, 2.24) is 0 Å². The Hall–Kier alpha value is -0.860.